The highest BCUT2D eigenvalue weighted by Crippen LogP contribution is 2.21. The summed E-state index contributed by atoms with van der Waals surface area (Å²) in [6, 6.07) is 12.2. The van der Waals surface area contributed by atoms with Crippen LogP contribution in [0.2, 0.25) is 0 Å². The van der Waals surface area contributed by atoms with Crippen LogP contribution in [0, 0.1) is 5.92 Å². The summed E-state index contributed by atoms with van der Waals surface area (Å²) in [4.78, 5) is 9.67. The fourth-order valence-corrected chi connectivity index (χ4v) is 4.98. The van der Waals surface area contributed by atoms with Crippen molar-refractivity contribution in [3.05, 3.63) is 35.9 Å². The van der Waals surface area contributed by atoms with Crippen LogP contribution in [0.1, 0.15) is 57.9 Å². The fraction of sp³-hybridized carbons (Fsp3) is 0.731. The molecule has 0 unspecified atom stereocenters. The minimum Gasteiger partial charge on any atom is -0.356 e. The topological polar surface area (TPSA) is 42.9 Å². The Kier molecular flexibility index (Phi) is 12.9. The lowest BCUT2D eigenvalue weighted by Crippen LogP contribution is -2.50. The van der Waals surface area contributed by atoms with Crippen LogP contribution in [-0.4, -0.2) is 74.2 Å². The van der Waals surface area contributed by atoms with Gasteiger partial charge in [-0.15, -0.1) is 24.0 Å². The van der Waals surface area contributed by atoms with Crippen molar-refractivity contribution in [1.82, 2.24) is 20.4 Å². The van der Waals surface area contributed by atoms with E-state index < -0.39 is 0 Å². The Balaban J connectivity index is 0.00000363. The van der Waals surface area contributed by atoms with Gasteiger partial charge in [0.15, 0.2) is 5.96 Å². The normalized spacial score (nSPS) is 19.7. The predicted octanol–water partition coefficient (Wildman–Crippen LogP) is 4.38. The summed E-state index contributed by atoms with van der Waals surface area (Å²) in [6.45, 7) is 11.7. The minimum atomic E-state index is 0. The third-order valence-electron chi connectivity index (χ3n) is 7.09. The Morgan fingerprint density at radius 2 is 1.69 bits per heavy atom. The van der Waals surface area contributed by atoms with Gasteiger partial charge in [0.25, 0.3) is 0 Å². The molecule has 182 valence electrons. The van der Waals surface area contributed by atoms with Gasteiger partial charge in [-0.25, -0.2) is 0 Å². The lowest BCUT2D eigenvalue weighted by molar-refractivity contribution is 0.167. The molecule has 0 amide bonds. The first-order valence-corrected chi connectivity index (χ1v) is 12.6. The first-order chi connectivity index (χ1) is 15.1. The fourth-order valence-electron chi connectivity index (χ4n) is 4.98. The molecule has 1 aromatic rings. The van der Waals surface area contributed by atoms with Gasteiger partial charge in [0, 0.05) is 38.8 Å². The number of hydrogen-bond acceptors (Lipinski definition) is 3. The standard InChI is InChI=1S/C26H45N5.HI/c1-22(2)31-19-13-25(14-20-31)29-26(27-3)28-15-7-8-16-30-17-11-24(12-18-30)21-23-9-5-4-6-10-23;/h4-6,9-10,22,24-25H,7-8,11-21H2,1-3H3,(H2,27,28,29);1H. The summed E-state index contributed by atoms with van der Waals surface area (Å²) in [5, 5.41) is 7.16. The first kappa shape index (κ1) is 27.4. The van der Waals surface area contributed by atoms with Gasteiger partial charge in [-0.1, -0.05) is 30.3 Å². The van der Waals surface area contributed by atoms with E-state index in [2.05, 4.69) is 69.6 Å². The van der Waals surface area contributed by atoms with Gasteiger partial charge < -0.3 is 20.4 Å². The molecule has 2 aliphatic rings. The first-order valence-electron chi connectivity index (χ1n) is 12.6. The van der Waals surface area contributed by atoms with E-state index in [1.807, 2.05) is 7.05 Å². The number of unbranched alkanes of at least 4 members (excludes halogenated alkanes) is 1. The third kappa shape index (κ3) is 9.56. The van der Waals surface area contributed by atoms with Gasteiger partial charge in [0.2, 0.25) is 0 Å². The number of nitrogens with zero attached hydrogens (tertiary/aromatic N) is 3. The molecule has 0 radical (unpaired) electrons. The van der Waals surface area contributed by atoms with E-state index in [1.165, 1.54) is 83.2 Å². The summed E-state index contributed by atoms with van der Waals surface area (Å²) in [5.74, 6) is 1.84. The highest BCUT2D eigenvalue weighted by molar-refractivity contribution is 14.0. The summed E-state index contributed by atoms with van der Waals surface area (Å²) in [7, 11) is 1.89. The number of guanidine groups is 1. The molecule has 0 aliphatic carbocycles. The molecular formula is C26H46IN5. The number of likely N-dealkylation sites (tertiary alicyclic amines) is 2. The maximum absolute atomic E-state index is 4.44. The monoisotopic (exact) mass is 555 g/mol. The van der Waals surface area contributed by atoms with Gasteiger partial charge in [-0.3, -0.25) is 4.99 Å². The molecule has 2 aliphatic heterocycles. The van der Waals surface area contributed by atoms with Crippen LogP contribution < -0.4 is 10.6 Å². The van der Waals surface area contributed by atoms with Gasteiger partial charge in [-0.2, -0.15) is 0 Å². The van der Waals surface area contributed by atoms with Crippen LogP contribution in [-0.2, 0) is 6.42 Å². The Labute approximate surface area is 213 Å². The summed E-state index contributed by atoms with van der Waals surface area (Å²) < 4.78 is 0. The maximum atomic E-state index is 4.44. The number of nitrogens with one attached hydrogen (secondary N) is 2. The maximum Gasteiger partial charge on any atom is 0.191 e. The van der Waals surface area contributed by atoms with Crippen molar-refractivity contribution in [2.24, 2.45) is 10.9 Å². The molecule has 0 spiro atoms. The van der Waals surface area contributed by atoms with Gasteiger partial charge in [0.1, 0.15) is 0 Å². The van der Waals surface area contributed by atoms with E-state index in [1.54, 1.807) is 0 Å². The molecule has 2 heterocycles. The van der Waals surface area contributed by atoms with E-state index in [-0.39, 0.29) is 24.0 Å². The number of piperidine rings is 2. The molecule has 6 heteroatoms. The lowest BCUT2D eigenvalue weighted by atomic mass is 9.90. The molecule has 0 atom stereocenters. The number of halogens is 1. The van der Waals surface area contributed by atoms with Crippen LogP contribution in [0.3, 0.4) is 0 Å². The Hall–Kier alpha value is -0.860. The van der Waals surface area contributed by atoms with Crippen LogP contribution >= 0.6 is 24.0 Å². The second kappa shape index (κ2) is 15.1. The second-order valence-electron chi connectivity index (χ2n) is 9.73. The van der Waals surface area contributed by atoms with Gasteiger partial charge in [0.05, 0.1) is 0 Å². The second-order valence-corrected chi connectivity index (χ2v) is 9.73. The Morgan fingerprint density at radius 1 is 1.00 bits per heavy atom. The van der Waals surface area contributed by atoms with Gasteiger partial charge >= 0.3 is 0 Å². The quantitative estimate of drug-likeness (QED) is 0.206. The third-order valence-corrected chi connectivity index (χ3v) is 7.09. The lowest BCUT2D eigenvalue weighted by Gasteiger charge is -2.35. The summed E-state index contributed by atoms with van der Waals surface area (Å²) in [5.41, 5.74) is 1.50. The number of hydrogen-bond donors (Lipinski definition) is 2. The molecule has 0 saturated carbocycles. The zero-order chi connectivity index (χ0) is 21.9. The van der Waals surface area contributed by atoms with Crippen molar-refractivity contribution in [3.63, 3.8) is 0 Å². The minimum absolute atomic E-state index is 0. The molecule has 2 saturated heterocycles. The molecule has 0 aromatic heterocycles. The van der Waals surface area contributed by atoms with Crippen LogP contribution in [0.15, 0.2) is 35.3 Å². The molecule has 2 fully saturated rings. The number of rotatable bonds is 9. The van der Waals surface area contributed by atoms with Gasteiger partial charge in [-0.05, 0) is 89.9 Å². The Morgan fingerprint density at radius 3 is 2.31 bits per heavy atom. The molecular weight excluding hydrogens is 509 g/mol. The van der Waals surface area contributed by atoms with Crippen molar-refractivity contribution in [1.29, 1.82) is 0 Å². The predicted molar refractivity (Wildman–Crippen MR) is 148 cm³/mol. The largest absolute Gasteiger partial charge is 0.356 e. The van der Waals surface area contributed by atoms with Crippen LogP contribution in [0.4, 0.5) is 0 Å². The average molecular weight is 556 g/mol. The summed E-state index contributed by atoms with van der Waals surface area (Å²) >= 11 is 0. The van der Waals surface area contributed by atoms with E-state index in [9.17, 15) is 0 Å². The average Bonchev–Trinajstić information content (AvgIpc) is 2.80. The van der Waals surface area contributed by atoms with E-state index >= 15 is 0 Å². The van der Waals surface area contributed by atoms with E-state index in [4.69, 9.17) is 0 Å². The molecule has 3 rings (SSSR count). The van der Waals surface area contributed by atoms with Crippen molar-refractivity contribution in [2.75, 3.05) is 46.3 Å². The molecule has 0 bridgehead atoms. The highest BCUT2D eigenvalue weighted by atomic mass is 127. The van der Waals surface area contributed by atoms with Crippen LogP contribution in [0.5, 0.6) is 0 Å². The van der Waals surface area contributed by atoms with Crippen molar-refractivity contribution >= 4 is 29.9 Å². The summed E-state index contributed by atoms with van der Waals surface area (Å²) in [6.07, 6.45) is 8.83. The highest BCUT2D eigenvalue weighted by Gasteiger charge is 2.21. The van der Waals surface area contributed by atoms with E-state index in [0.29, 0.717) is 12.1 Å². The Bertz CT molecular complexity index is 635. The van der Waals surface area contributed by atoms with Crippen molar-refractivity contribution in [3.8, 4) is 0 Å². The zero-order valence-corrected chi connectivity index (χ0v) is 22.9. The molecule has 2 N–H and O–H groups in total. The smallest absolute Gasteiger partial charge is 0.191 e. The van der Waals surface area contributed by atoms with Crippen molar-refractivity contribution in [2.45, 2.75) is 70.9 Å². The molecule has 5 nitrogen and oxygen atoms in total. The SMILES string of the molecule is CN=C(NCCCCN1CCC(Cc2ccccc2)CC1)NC1CCN(C(C)C)CC1.I. The number of aliphatic imine (C=N–C) groups is 1. The van der Waals surface area contributed by atoms with Crippen LogP contribution in [0.25, 0.3) is 0 Å². The molecule has 32 heavy (non-hydrogen) atoms. The van der Waals surface area contributed by atoms with Crippen molar-refractivity contribution < 1.29 is 0 Å². The van der Waals surface area contributed by atoms with E-state index in [0.717, 1.165) is 18.4 Å². The molecule has 1 aromatic carbocycles. The number of benzene rings is 1. The zero-order valence-electron chi connectivity index (χ0n) is 20.6.